The van der Waals surface area contributed by atoms with E-state index in [0.717, 1.165) is 11.1 Å². The van der Waals surface area contributed by atoms with Crippen LogP contribution in [-0.2, 0) is 4.79 Å². The van der Waals surface area contributed by atoms with E-state index in [-0.39, 0.29) is 35.3 Å². The van der Waals surface area contributed by atoms with Crippen molar-refractivity contribution in [1.29, 1.82) is 5.26 Å². The highest BCUT2D eigenvalue weighted by molar-refractivity contribution is 7.14. The molecule has 0 radical (unpaired) electrons. The maximum atomic E-state index is 12.3. The van der Waals surface area contributed by atoms with Crippen LogP contribution in [-0.4, -0.2) is 10.9 Å². The number of nitrogens with two attached hydrogens (primary N) is 3. The van der Waals surface area contributed by atoms with Gasteiger partial charge in [-0.25, -0.2) is 10.4 Å². The van der Waals surface area contributed by atoms with Crippen molar-refractivity contribution in [3.8, 4) is 6.07 Å². The van der Waals surface area contributed by atoms with Gasteiger partial charge >= 0.3 is 0 Å². The summed E-state index contributed by atoms with van der Waals surface area (Å²) < 4.78 is 0.352. The SMILES string of the molecule is N#Cc1c(N)nc2c3c(sc(=[NH2+])c2c1N)NC(=O)C[C@@H]3c1ccccc1Cl. The van der Waals surface area contributed by atoms with E-state index in [9.17, 15) is 10.1 Å². The van der Waals surface area contributed by atoms with E-state index in [4.69, 9.17) is 28.5 Å². The lowest BCUT2D eigenvalue weighted by molar-refractivity contribution is -0.164. The third-order valence-corrected chi connectivity index (χ3v) is 5.90. The molecular formula is C18H14ClN6OS+. The van der Waals surface area contributed by atoms with Gasteiger partial charge in [-0.2, -0.15) is 5.26 Å². The minimum atomic E-state index is -0.332. The van der Waals surface area contributed by atoms with E-state index in [1.807, 2.05) is 24.3 Å². The highest BCUT2D eigenvalue weighted by atomic mass is 35.5. The Kier molecular flexibility index (Phi) is 3.98. The first-order valence-corrected chi connectivity index (χ1v) is 9.20. The van der Waals surface area contributed by atoms with Gasteiger partial charge in [-0.15, -0.1) is 0 Å². The number of amides is 1. The van der Waals surface area contributed by atoms with Crippen LogP contribution in [0.2, 0.25) is 5.02 Å². The second-order valence-electron chi connectivity index (χ2n) is 6.16. The summed E-state index contributed by atoms with van der Waals surface area (Å²) in [5.74, 6) is -0.451. The standard InChI is InChI=1S/C18H13ClN6OS/c19-10-4-2-1-3-7(10)8-5-11(26)24-18-12(8)15-13(17(23)27-18)14(21)9(6-20)16(22)25-15/h1-4,8,23H,5H2,(H,24,26)(H4,21,22,25)/p+1/t8-/m1/s1. The van der Waals surface area contributed by atoms with Crippen LogP contribution in [0.3, 0.4) is 0 Å². The van der Waals surface area contributed by atoms with Crippen molar-refractivity contribution in [2.24, 2.45) is 0 Å². The number of carbonyl (C=O) groups is 1. The topological polar surface area (TPSA) is 143 Å². The summed E-state index contributed by atoms with van der Waals surface area (Å²) in [6, 6.07) is 9.30. The van der Waals surface area contributed by atoms with Crippen LogP contribution >= 0.6 is 22.9 Å². The van der Waals surface area contributed by atoms with Crippen LogP contribution in [0.1, 0.15) is 29.0 Å². The number of carbonyl (C=O) groups excluding carboxylic acids is 1. The highest BCUT2D eigenvalue weighted by Gasteiger charge is 2.33. The number of nitrogen functional groups attached to an aromatic ring is 2. The molecule has 2 aromatic heterocycles. The van der Waals surface area contributed by atoms with Crippen LogP contribution in [0.4, 0.5) is 16.5 Å². The molecule has 134 valence electrons. The van der Waals surface area contributed by atoms with E-state index in [1.54, 1.807) is 6.07 Å². The zero-order valence-electron chi connectivity index (χ0n) is 13.9. The molecule has 3 aromatic rings. The molecule has 4 rings (SSSR count). The molecule has 1 aliphatic rings. The number of rotatable bonds is 1. The molecule has 0 saturated heterocycles. The maximum absolute atomic E-state index is 12.3. The van der Waals surface area contributed by atoms with Gasteiger partial charge in [0, 0.05) is 22.9 Å². The zero-order valence-corrected chi connectivity index (χ0v) is 15.5. The first kappa shape index (κ1) is 17.3. The third-order valence-electron chi connectivity index (χ3n) is 4.61. The molecular weight excluding hydrogens is 384 g/mol. The Hall–Kier alpha value is -3.15. The molecule has 0 aliphatic carbocycles. The number of anilines is 3. The number of nitrogens with zero attached hydrogens (tertiary/aromatic N) is 2. The van der Waals surface area contributed by atoms with E-state index in [0.29, 0.717) is 25.6 Å². The van der Waals surface area contributed by atoms with Gasteiger partial charge in [0.2, 0.25) is 5.91 Å². The maximum Gasteiger partial charge on any atom is 0.266 e. The number of hydrogen-bond acceptors (Lipinski definition) is 6. The van der Waals surface area contributed by atoms with Crippen LogP contribution in [0.25, 0.3) is 10.9 Å². The minimum Gasteiger partial charge on any atom is -0.397 e. The number of hydrogen-bond donors (Lipinski definition) is 4. The molecule has 27 heavy (non-hydrogen) atoms. The second-order valence-corrected chi connectivity index (χ2v) is 7.62. The fourth-order valence-corrected chi connectivity index (χ4v) is 4.72. The van der Waals surface area contributed by atoms with Gasteiger partial charge < -0.3 is 16.8 Å². The summed E-state index contributed by atoms with van der Waals surface area (Å²) in [5.41, 5.74) is 14.4. The van der Waals surface area contributed by atoms with Gasteiger partial charge in [0.05, 0.1) is 11.2 Å². The molecule has 0 fully saturated rings. The van der Waals surface area contributed by atoms with Gasteiger partial charge in [0.15, 0.2) is 0 Å². The van der Waals surface area contributed by atoms with Gasteiger partial charge in [-0.05, 0) is 11.6 Å². The van der Waals surface area contributed by atoms with Crippen molar-refractivity contribution in [2.45, 2.75) is 12.3 Å². The lowest BCUT2D eigenvalue weighted by Gasteiger charge is -2.27. The number of halogens is 1. The van der Waals surface area contributed by atoms with E-state index in [1.165, 1.54) is 11.3 Å². The lowest BCUT2D eigenvalue weighted by atomic mass is 9.86. The molecule has 0 saturated carbocycles. The van der Waals surface area contributed by atoms with E-state index >= 15 is 0 Å². The summed E-state index contributed by atoms with van der Waals surface area (Å²) >= 11 is 7.59. The predicted molar refractivity (Wildman–Crippen MR) is 105 cm³/mol. The lowest BCUT2D eigenvalue weighted by Crippen LogP contribution is -2.44. The molecule has 1 amide bonds. The Balaban J connectivity index is 2.14. The number of nitrogens with one attached hydrogen (secondary N) is 1. The number of fused-ring (bicyclic) bond motifs is 3. The van der Waals surface area contributed by atoms with Crippen LogP contribution in [0.5, 0.6) is 0 Å². The first-order chi connectivity index (χ1) is 12.9. The van der Waals surface area contributed by atoms with E-state index in [2.05, 4.69) is 10.3 Å². The van der Waals surface area contributed by atoms with Crippen molar-refractivity contribution in [3.63, 3.8) is 0 Å². The summed E-state index contributed by atoms with van der Waals surface area (Å²) in [7, 11) is 0. The first-order valence-electron chi connectivity index (χ1n) is 8.00. The number of pyridine rings is 1. The van der Waals surface area contributed by atoms with Crippen LogP contribution < -0.4 is 26.9 Å². The monoisotopic (exact) mass is 397 g/mol. The molecule has 7 N–H and O–H groups in total. The third kappa shape index (κ3) is 2.60. The van der Waals surface area contributed by atoms with Crippen LogP contribution in [0, 0.1) is 11.3 Å². The quantitative estimate of drug-likeness (QED) is 0.486. The van der Waals surface area contributed by atoms with Crippen molar-refractivity contribution >= 4 is 56.3 Å². The van der Waals surface area contributed by atoms with E-state index < -0.39 is 0 Å². The number of nitriles is 1. The van der Waals surface area contributed by atoms with Crippen molar-refractivity contribution in [1.82, 2.24) is 4.98 Å². The summed E-state index contributed by atoms with van der Waals surface area (Å²) in [6.07, 6.45) is 0.198. The Labute approximate surface area is 162 Å². The Morgan fingerprint density at radius 2 is 2.11 bits per heavy atom. The fraction of sp³-hybridized carbons (Fsp3) is 0.111. The molecule has 0 spiro atoms. The average Bonchev–Trinajstić information content (AvgIpc) is 2.61. The summed E-state index contributed by atoms with van der Waals surface area (Å²) in [5, 5.41) is 20.0. The molecule has 9 heteroatoms. The normalized spacial score (nSPS) is 15.9. The Morgan fingerprint density at radius 1 is 1.37 bits per heavy atom. The van der Waals surface area contributed by atoms with Crippen molar-refractivity contribution in [2.75, 3.05) is 16.8 Å². The Morgan fingerprint density at radius 3 is 2.81 bits per heavy atom. The van der Waals surface area contributed by atoms with Gasteiger partial charge in [0.1, 0.15) is 27.8 Å². The van der Waals surface area contributed by atoms with Crippen LogP contribution in [0.15, 0.2) is 24.3 Å². The van der Waals surface area contributed by atoms with Gasteiger partial charge in [-0.3, -0.25) is 4.79 Å². The predicted octanol–water partition coefficient (Wildman–Crippen LogP) is 1.12. The smallest absolute Gasteiger partial charge is 0.266 e. The molecule has 0 unspecified atom stereocenters. The summed E-state index contributed by atoms with van der Waals surface area (Å²) in [4.78, 5) is 16.7. The average molecular weight is 398 g/mol. The van der Waals surface area contributed by atoms with Crippen molar-refractivity contribution < 1.29 is 10.2 Å². The number of benzene rings is 1. The largest absolute Gasteiger partial charge is 0.397 e. The van der Waals surface area contributed by atoms with Gasteiger partial charge in [0.25, 0.3) is 4.67 Å². The molecule has 7 nitrogen and oxygen atoms in total. The minimum absolute atomic E-state index is 0.0232. The molecule has 1 aliphatic heterocycles. The van der Waals surface area contributed by atoms with Gasteiger partial charge in [-0.1, -0.05) is 41.1 Å². The van der Waals surface area contributed by atoms with Crippen molar-refractivity contribution in [3.05, 3.63) is 50.6 Å². The second kappa shape index (κ2) is 6.23. The zero-order chi connectivity index (χ0) is 19.3. The number of aromatic nitrogens is 1. The molecule has 0 bridgehead atoms. The Bertz CT molecular complexity index is 1230. The molecule has 3 heterocycles. The fourth-order valence-electron chi connectivity index (χ4n) is 3.41. The summed E-state index contributed by atoms with van der Waals surface area (Å²) in [6.45, 7) is 0. The molecule has 1 aromatic carbocycles. The highest BCUT2D eigenvalue weighted by Crippen LogP contribution is 2.44. The molecule has 1 atom stereocenters.